The maximum absolute atomic E-state index is 14.8. The summed E-state index contributed by atoms with van der Waals surface area (Å²) in [7, 11) is -2.83. The van der Waals surface area contributed by atoms with Gasteiger partial charge in [0.25, 0.3) is 10.0 Å². The van der Waals surface area contributed by atoms with Gasteiger partial charge in [0.15, 0.2) is 0 Å². The van der Waals surface area contributed by atoms with E-state index in [2.05, 4.69) is 5.32 Å². The second kappa shape index (κ2) is 11.1. The fourth-order valence-electron chi connectivity index (χ4n) is 3.65. The van der Waals surface area contributed by atoms with Gasteiger partial charge in [-0.3, -0.25) is 13.9 Å². The highest BCUT2D eigenvalue weighted by Crippen LogP contribution is 2.27. The van der Waals surface area contributed by atoms with Crippen molar-refractivity contribution in [2.75, 3.05) is 17.9 Å². The summed E-state index contributed by atoms with van der Waals surface area (Å²) in [5, 5.41) is 2.53. The van der Waals surface area contributed by atoms with Crippen molar-refractivity contribution in [1.29, 1.82) is 0 Å². The Morgan fingerprint density at radius 1 is 0.943 bits per heavy atom. The number of hydrogen-bond acceptors (Lipinski definition) is 4. The third kappa shape index (κ3) is 5.86. The lowest BCUT2D eigenvalue weighted by atomic mass is 10.1. The average molecular weight is 498 g/mol. The number of hydrogen-bond donors (Lipinski definition) is 1. The molecule has 0 bridgehead atoms. The lowest BCUT2D eigenvalue weighted by Crippen LogP contribution is -2.51. The largest absolute Gasteiger partial charge is 0.357 e. The molecule has 9 heteroatoms. The van der Waals surface area contributed by atoms with Gasteiger partial charge in [0.1, 0.15) is 18.4 Å². The van der Waals surface area contributed by atoms with E-state index in [1.165, 1.54) is 42.3 Å². The van der Waals surface area contributed by atoms with Crippen LogP contribution in [-0.4, -0.2) is 44.8 Å². The summed E-state index contributed by atoms with van der Waals surface area (Å²) in [5.41, 5.74) is 1.46. The van der Waals surface area contributed by atoms with Crippen LogP contribution < -0.4 is 9.62 Å². The van der Waals surface area contributed by atoms with Crippen LogP contribution in [0.3, 0.4) is 0 Å². The van der Waals surface area contributed by atoms with Gasteiger partial charge in [-0.25, -0.2) is 12.8 Å². The highest BCUT2D eigenvalue weighted by Gasteiger charge is 2.33. The van der Waals surface area contributed by atoms with Crippen LogP contribution in [0.1, 0.15) is 18.1 Å². The monoisotopic (exact) mass is 497 g/mol. The minimum Gasteiger partial charge on any atom is -0.357 e. The zero-order chi connectivity index (χ0) is 25.6. The van der Waals surface area contributed by atoms with Crippen LogP contribution in [0.25, 0.3) is 0 Å². The van der Waals surface area contributed by atoms with E-state index in [-0.39, 0.29) is 17.1 Å². The van der Waals surface area contributed by atoms with Crippen molar-refractivity contribution < 1.29 is 22.4 Å². The molecule has 35 heavy (non-hydrogen) atoms. The second-order valence-corrected chi connectivity index (χ2v) is 9.88. The van der Waals surface area contributed by atoms with Crippen molar-refractivity contribution in [1.82, 2.24) is 10.2 Å². The maximum Gasteiger partial charge on any atom is 0.264 e. The van der Waals surface area contributed by atoms with Gasteiger partial charge < -0.3 is 10.2 Å². The molecule has 7 nitrogen and oxygen atoms in total. The number of amides is 2. The van der Waals surface area contributed by atoms with Gasteiger partial charge in [0.05, 0.1) is 10.6 Å². The summed E-state index contributed by atoms with van der Waals surface area (Å²) >= 11 is 0. The summed E-state index contributed by atoms with van der Waals surface area (Å²) in [4.78, 5) is 27.3. The molecule has 2 amide bonds. The molecule has 0 aromatic heterocycles. The number of nitrogens with one attached hydrogen (secondary N) is 1. The molecule has 3 aromatic rings. The van der Waals surface area contributed by atoms with Crippen molar-refractivity contribution in [3.63, 3.8) is 0 Å². The first kappa shape index (κ1) is 25.9. The van der Waals surface area contributed by atoms with Gasteiger partial charge >= 0.3 is 0 Å². The van der Waals surface area contributed by atoms with Gasteiger partial charge in [-0.05, 0) is 49.2 Å². The molecule has 1 atom stereocenters. The van der Waals surface area contributed by atoms with Crippen molar-refractivity contribution in [3.8, 4) is 0 Å². The Morgan fingerprint density at radius 2 is 1.54 bits per heavy atom. The van der Waals surface area contributed by atoms with Crippen molar-refractivity contribution in [2.45, 2.75) is 31.3 Å². The van der Waals surface area contributed by atoms with Crippen LogP contribution in [0.2, 0.25) is 0 Å². The number of sulfonamides is 1. The second-order valence-electron chi connectivity index (χ2n) is 8.01. The van der Waals surface area contributed by atoms with Crippen LogP contribution in [-0.2, 0) is 26.2 Å². The zero-order valence-corrected chi connectivity index (χ0v) is 20.6. The lowest BCUT2D eigenvalue weighted by molar-refractivity contribution is -0.139. The number of aryl methyl sites for hydroxylation is 1. The molecule has 0 aliphatic rings. The number of carbonyl (C=O) groups excluding carboxylic acids is 2. The van der Waals surface area contributed by atoms with E-state index in [0.717, 1.165) is 21.5 Å². The van der Waals surface area contributed by atoms with E-state index in [9.17, 15) is 22.4 Å². The van der Waals surface area contributed by atoms with Crippen molar-refractivity contribution in [3.05, 3.63) is 95.8 Å². The third-order valence-electron chi connectivity index (χ3n) is 5.75. The number of para-hydroxylation sites is 1. The SMILES string of the molecule is CNC(=O)C(C)N(Cc1ccccc1C)C(=O)CN(c1ccccc1F)S(=O)(=O)c1ccccc1. The Balaban J connectivity index is 2.05. The number of carbonyl (C=O) groups is 2. The van der Waals surface area contributed by atoms with Gasteiger partial charge in [0.2, 0.25) is 11.8 Å². The Labute approximate surface area is 205 Å². The molecule has 0 radical (unpaired) electrons. The molecule has 0 spiro atoms. The fraction of sp³-hybridized carbons (Fsp3) is 0.231. The quantitative estimate of drug-likeness (QED) is 0.490. The lowest BCUT2D eigenvalue weighted by Gasteiger charge is -2.32. The van der Waals surface area contributed by atoms with E-state index in [0.29, 0.717) is 0 Å². The van der Waals surface area contributed by atoms with Crippen LogP contribution in [0.5, 0.6) is 0 Å². The number of anilines is 1. The first-order valence-electron chi connectivity index (χ1n) is 11.0. The van der Waals surface area contributed by atoms with Gasteiger partial charge in [-0.15, -0.1) is 0 Å². The molecular weight excluding hydrogens is 469 g/mol. The molecule has 0 saturated heterocycles. The Morgan fingerprint density at radius 3 is 2.17 bits per heavy atom. The van der Waals surface area contributed by atoms with E-state index in [4.69, 9.17) is 0 Å². The first-order chi connectivity index (χ1) is 16.7. The smallest absolute Gasteiger partial charge is 0.264 e. The number of likely N-dealkylation sites (N-methyl/N-ethyl adjacent to an activating group) is 1. The van der Waals surface area contributed by atoms with Gasteiger partial charge in [-0.2, -0.15) is 0 Å². The average Bonchev–Trinajstić information content (AvgIpc) is 2.86. The number of nitrogens with zero attached hydrogens (tertiary/aromatic N) is 2. The molecule has 1 N–H and O–H groups in total. The zero-order valence-electron chi connectivity index (χ0n) is 19.8. The molecule has 0 aliphatic carbocycles. The molecule has 0 fully saturated rings. The number of halogens is 1. The van der Waals surface area contributed by atoms with Crippen LogP contribution in [0, 0.1) is 12.7 Å². The van der Waals surface area contributed by atoms with Crippen LogP contribution in [0.15, 0.2) is 83.8 Å². The minimum atomic E-state index is -4.29. The molecule has 0 heterocycles. The molecule has 0 saturated carbocycles. The molecule has 3 aromatic carbocycles. The van der Waals surface area contributed by atoms with Crippen molar-refractivity contribution >= 4 is 27.5 Å². The van der Waals surface area contributed by atoms with E-state index in [1.807, 2.05) is 31.2 Å². The third-order valence-corrected chi connectivity index (χ3v) is 7.52. The number of benzene rings is 3. The predicted octanol–water partition coefficient (Wildman–Crippen LogP) is 3.49. The summed E-state index contributed by atoms with van der Waals surface area (Å²) in [6, 6.07) is 19.4. The molecular formula is C26H28FN3O4S. The van der Waals surface area contributed by atoms with Crippen LogP contribution >= 0.6 is 0 Å². The Bertz CT molecular complexity index is 1300. The predicted molar refractivity (Wildman–Crippen MR) is 133 cm³/mol. The first-order valence-corrected chi connectivity index (χ1v) is 12.5. The topological polar surface area (TPSA) is 86.8 Å². The van der Waals surface area contributed by atoms with E-state index < -0.39 is 40.2 Å². The van der Waals surface area contributed by atoms with Crippen molar-refractivity contribution in [2.24, 2.45) is 0 Å². The maximum atomic E-state index is 14.8. The highest BCUT2D eigenvalue weighted by molar-refractivity contribution is 7.92. The number of rotatable bonds is 9. The minimum absolute atomic E-state index is 0.0800. The van der Waals surface area contributed by atoms with Gasteiger partial charge in [0, 0.05) is 13.6 Å². The van der Waals surface area contributed by atoms with E-state index in [1.54, 1.807) is 25.1 Å². The van der Waals surface area contributed by atoms with E-state index >= 15 is 0 Å². The van der Waals surface area contributed by atoms with Crippen LogP contribution in [0.4, 0.5) is 10.1 Å². The normalized spacial score (nSPS) is 12.0. The Kier molecular flexibility index (Phi) is 8.24. The summed E-state index contributed by atoms with van der Waals surface area (Å²) in [5.74, 6) is -1.84. The Hall–Kier alpha value is -3.72. The molecule has 3 rings (SSSR count). The fourth-order valence-corrected chi connectivity index (χ4v) is 5.09. The summed E-state index contributed by atoms with van der Waals surface area (Å²) in [6.45, 7) is 2.84. The molecule has 184 valence electrons. The summed E-state index contributed by atoms with van der Waals surface area (Å²) in [6.07, 6.45) is 0. The van der Waals surface area contributed by atoms with Gasteiger partial charge in [-0.1, -0.05) is 54.6 Å². The molecule has 1 unspecified atom stereocenters. The highest BCUT2D eigenvalue weighted by atomic mass is 32.2. The molecule has 0 aliphatic heterocycles. The standard InChI is InChI=1S/C26H28FN3O4S/c1-19-11-7-8-12-21(19)17-29(20(2)26(32)28-3)25(31)18-30(24-16-10-9-15-23(24)27)35(33,34)22-13-5-4-6-14-22/h4-16,20H,17-18H2,1-3H3,(H,28,32). The summed E-state index contributed by atoms with van der Waals surface area (Å²) < 4.78 is 42.6.